The van der Waals surface area contributed by atoms with Gasteiger partial charge in [-0.3, -0.25) is 19.2 Å². The summed E-state index contributed by atoms with van der Waals surface area (Å²) in [7, 11) is -9.59. The first kappa shape index (κ1) is 20.6. The van der Waals surface area contributed by atoms with Gasteiger partial charge < -0.3 is 10.6 Å². The first-order valence-electron chi connectivity index (χ1n) is 7.33. The number of hydrogen-bond donors (Lipinski definition) is 4. The van der Waals surface area contributed by atoms with E-state index >= 15 is 0 Å². The zero-order chi connectivity index (χ0) is 20.4. The molecule has 0 atom stereocenters. The van der Waals surface area contributed by atoms with Gasteiger partial charge >= 0.3 is 0 Å². The number of nitrogens with zero attached hydrogens (tertiary/aromatic N) is 1. The molecule has 0 aliphatic carbocycles. The minimum atomic E-state index is -4.95. The third-order valence-electron chi connectivity index (χ3n) is 3.38. The summed E-state index contributed by atoms with van der Waals surface area (Å²) in [4.78, 5) is 8.98. The van der Waals surface area contributed by atoms with E-state index in [4.69, 9.17) is 0 Å². The molecule has 2 aromatic carbocycles. The molecule has 0 aliphatic heterocycles. The van der Waals surface area contributed by atoms with Crippen molar-refractivity contribution in [3.05, 3.63) is 46.5 Å². The van der Waals surface area contributed by atoms with Crippen molar-refractivity contribution in [3.8, 4) is 0 Å². The highest BCUT2D eigenvalue weighted by atomic mass is 32.2. The van der Waals surface area contributed by atoms with Gasteiger partial charge in [-0.1, -0.05) is 12.1 Å². The van der Waals surface area contributed by atoms with Gasteiger partial charge in [0.15, 0.2) is 0 Å². The molecular weight excluding hydrogens is 402 g/mol. The number of nitro groups is 1. The van der Waals surface area contributed by atoms with Crippen LogP contribution in [0.5, 0.6) is 0 Å². The monoisotopic (exact) mass is 417 g/mol. The van der Waals surface area contributed by atoms with Crippen molar-refractivity contribution in [2.24, 2.45) is 0 Å². The molecule has 0 saturated carbocycles. The summed E-state index contributed by atoms with van der Waals surface area (Å²) >= 11 is 0. The van der Waals surface area contributed by atoms with E-state index < -0.39 is 46.3 Å². The number of anilines is 3. The highest BCUT2D eigenvalue weighted by Gasteiger charge is 2.29. The largest absolute Gasteiger partial charge is 0.379 e. The molecule has 0 heterocycles. The molecule has 11 nitrogen and oxygen atoms in total. The summed E-state index contributed by atoms with van der Waals surface area (Å²) in [5.74, 6) is 0. The number of hydrogen-bond acceptors (Lipinski definition) is 8. The van der Waals surface area contributed by atoms with E-state index in [9.17, 15) is 36.1 Å². The van der Waals surface area contributed by atoms with Gasteiger partial charge in [-0.15, -0.1) is 0 Å². The second-order valence-corrected chi connectivity index (χ2v) is 7.94. The van der Waals surface area contributed by atoms with E-state index in [2.05, 4.69) is 10.6 Å². The molecule has 0 fully saturated rings. The molecule has 2 rings (SSSR count). The average molecular weight is 417 g/mol. The molecule has 0 saturated heterocycles. The summed E-state index contributed by atoms with van der Waals surface area (Å²) in [5, 5.41) is 16.2. The zero-order valence-corrected chi connectivity index (χ0v) is 15.4. The Hall–Kier alpha value is -2.74. The van der Waals surface area contributed by atoms with Crippen LogP contribution in [0, 0.1) is 10.1 Å². The molecule has 0 aromatic heterocycles. The minimum Gasteiger partial charge on any atom is -0.379 e. The van der Waals surface area contributed by atoms with Gasteiger partial charge in [-0.25, -0.2) is 0 Å². The first-order chi connectivity index (χ1) is 12.5. The Balaban J connectivity index is 2.76. The molecular formula is C14H15N3O8S2. The van der Waals surface area contributed by atoms with Gasteiger partial charge in [0.2, 0.25) is 0 Å². The highest BCUT2D eigenvalue weighted by molar-refractivity contribution is 7.86. The molecule has 2 aromatic rings. The highest BCUT2D eigenvalue weighted by Crippen LogP contribution is 2.39. The average Bonchev–Trinajstić information content (AvgIpc) is 2.53. The molecule has 0 radical (unpaired) electrons. The van der Waals surface area contributed by atoms with E-state index in [1.807, 2.05) is 0 Å². The number of nitrogens with one attached hydrogen (secondary N) is 2. The lowest BCUT2D eigenvalue weighted by atomic mass is 10.2. The number of para-hydroxylation sites is 1. The number of rotatable bonds is 7. The smallest absolute Gasteiger partial charge is 0.298 e. The zero-order valence-electron chi connectivity index (χ0n) is 13.8. The molecule has 0 amide bonds. The van der Waals surface area contributed by atoms with Crippen LogP contribution in [-0.4, -0.2) is 37.4 Å². The summed E-state index contributed by atoms with van der Waals surface area (Å²) < 4.78 is 65.6. The predicted octanol–water partition coefficient (Wildman–Crippen LogP) is 2.26. The first-order valence-corrected chi connectivity index (χ1v) is 10.2. The van der Waals surface area contributed by atoms with Gasteiger partial charge in [0.25, 0.3) is 25.9 Å². The van der Waals surface area contributed by atoms with Gasteiger partial charge in [-0.2, -0.15) is 16.8 Å². The van der Waals surface area contributed by atoms with E-state index in [-0.39, 0.29) is 17.9 Å². The Morgan fingerprint density at radius 1 is 1.00 bits per heavy atom. The maximum absolute atomic E-state index is 11.9. The lowest BCUT2D eigenvalue weighted by molar-refractivity contribution is -0.384. The van der Waals surface area contributed by atoms with Crippen LogP contribution >= 0.6 is 0 Å². The van der Waals surface area contributed by atoms with Crippen LogP contribution in [0.15, 0.2) is 46.2 Å². The van der Waals surface area contributed by atoms with Crippen molar-refractivity contribution >= 4 is 43.0 Å². The van der Waals surface area contributed by atoms with Gasteiger partial charge in [0, 0.05) is 12.6 Å². The van der Waals surface area contributed by atoms with Crippen LogP contribution in [0.3, 0.4) is 0 Å². The van der Waals surface area contributed by atoms with Crippen LogP contribution in [0.1, 0.15) is 6.92 Å². The summed E-state index contributed by atoms with van der Waals surface area (Å²) in [5.41, 5.74) is -1.58. The van der Waals surface area contributed by atoms with Crippen LogP contribution in [0.25, 0.3) is 0 Å². The Morgan fingerprint density at radius 2 is 1.63 bits per heavy atom. The fourth-order valence-corrected chi connectivity index (χ4v) is 3.86. The van der Waals surface area contributed by atoms with E-state index in [1.54, 1.807) is 6.92 Å². The fourth-order valence-electron chi connectivity index (χ4n) is 2.38. The van der Waals surface area contributed by atoms with Crippen molar-refractivity contribution in [1.82, 2.24) is 0 Å². The molecule has 13 heteroatoms. The molecule has 0 unspecified atom stereocenters. The summed E-state index contributed by atoms with van der Waals surface area (Å²) in [6.07, 6.45) is 0. The van der Waals surface area contributed by atoms with E-state index in [0.29, 0.717) is 0 Å². The van der Waals surface area contributed by atoms with Crippen molar-refractivity contribution in [1.29, 1.82) is 0 Å². The molecule has 4 N–H and O–H groups in total. The fraction of sp³-hybridized carbons (Fsp3) is 0.143. The van der Waals surface area contributed by atoms with Crippen molar-refractivity contribution in [2.75, 3.05) is 17.2 Å². The maximum Gasteiger partial charge on any atom is 0.298 e. The van der Waals surface area contributed by atoms with Gasteiger partial charge in [0.05, 0.1) is 16.3 Å². The van der Waals surface area contributed by atoms with E-state index in [1.165, 1.54) is 18.2 Å². The third kappa shape index (κ3) is 4.51. The lowest BCUT2D eigenvalue weighted by Gasteiger charge is -2.16. The van der Waals surface area contributed by atoms with Gasteiger partial charge in [0.1, 0.15) is 15.5 Å². The van der Waals surface area contributed by atoms with Crippen LogP contribution in [0.4, 0.5) is 22.7 Å². The Labute approximate surface area is 154 Å². The second kappa shape index (κ2) is 7.48. The normalized spacial score (nSPS) is 11.8. The van der Waals surface area contributed by atoms with Crippen LogP contribution in [-0.2, 0) is 20.2 Å². The Morgan fingerprint density at radius 3 is 2.15 bits per heavy atom. The SMILES string of the molecule is CCNc1c([N+](=O)[O-])ccc(Nc2ccccc2S(=O)(=O)O)c1S(=O)(=O)O. The lowest BCUT2D eigenvalue weighted by Crippen LogP contribution is -2.12. The Kier molecular flexibility index (Phi) is 5.70. The van der Waals surface area contributed by atoms with Crippen molar-refractivity contribution in [3.63, 3.8) is 0 Å². The Bertz CT molecular complexity index is 1100. The molecule has 27 heavy (non-hydrogen) atoms. The van der Waals surface area contributed by atoms with Crippen molar-refractivity contribution < 1.29 is 30.9 Å². The standard InChI is InChI=1S/C14H15N3O8S2/c1-2-15-13-11(17(18)19)8-7-10(14(13)27(23,24)25)16-9-5-3-4-6-12(9)26(20,21)22/h3-8,15-16H,2H2,1H3,(H,20,21,22)(H,23,24,25). The summed E-state index contributed by atoms with van der Waals surface area (Å²) in [6, 6.07) is 7.05. The topological polar surface area (TPSA) is 176 Å². The molecule has 0 aliphatic rings. The van der Waals surface area contributed by atoms with Crippen molar-refractivity contribution in [2.45, 2.75) is 16.7 Å². The van der Waals surface area contributed by atoms with E-state index in [0.717, 1.165) is 18.2 Å². The summed E-state index contributed by atoms with van der Waals surface area (Å²) in [6.45, 7) is 1.67. The number of nitro benzene ring substituents is 1. The molecule has 0 spiro atoms. The maximum atomic E-state index is 11.9. The van der Waals surface area contributed by atoms with Crippen LogP contribution < -0.4 is 10.6 Å². The second-order valence-electron chi connectivity index (χ2n) is 5.20. The quantitative estimate of drug-likeness (QED) is 0.297. The minimum absolute atomic E-state index is 0.106. The predicted molar refractivity (Wildman–Crippen MR) is 96.6 cm³/mol. The third-order valence-corrected chi connectivity index (χ3v) is 5.23. The number of benzene rings is 2. The van der Waals surface area contributed by atoms with Gasteiger partial charge in [-0.05, 0) is 25.1 Å². The molecule has 146 valence electrons. The molecule has 0 bridgehead atoms. The van der Waals surface area contributed by atoms with Crippen LogP contribution in [0.2, 0.25) is 0 Å².